The zero-order chi connectivity index (χ0) is 19.4. The van der Waals surface area contributed by atoms with Gasteiger partial charge in [0.15, 0.2) is 12.1 Å². The first kappa shape index (κ1) is 19.7. The van der Waals surface area contributed by atoms with Crippen molar-refractivity contribution in [2.45, 2.75) is 25.7 Å². The summed E-state index contributed by atoms with van der Waals surface area (Å²) in [4.78, 5) is 40.9. The fourth-order valence-electron chi connectivity index (χ4n) is 3.58. The highest BCUT2D eigenvalue weighted by Crippen LogP contribution is 2.25. The van der Waals surface area contributed by atoms with Gasteiger partial charge in [-0.05, 0) is 25.9 Å². The number of ketones is 1. The highest BCUT2D eigenvalue weighted by Gasteiger charge is 2.31. The summed E-state index contributed by atoms with van der Waals surface area (Å²) < 4.78 is 17.2. The maximum absolute atomic E-state index is 12.7. The van der Waals surface area contributed by atoms with E-state index in [4.69, 9.17) is 19.9 Å². The van der Waals surface area contributed by atoms with Crippen LogP contribution in [0.15, 0.2) is 9.59 Å². The third-order valence-electron chi connectivity index (χ3n) is 5.07. The second-order valence-electron chi connectivity index (χ2n) is 6.81. The van der Waals surface area contributed by atoms with Gasteiger partial charge in [0.2, 0.25) is 0 Å². The van der Waals surface area contributed by atoms with Gasteiger partial charge in [-0.2, -0.15) is 0 Å². The van der Waals surface area contributed by atoms with Gasteiger partial charge in [-0.1, -0.05) is 0 Å². The van der Waals surface area contributed by atoms with Crippen molar-refractivity contribution < 1.29 is 19.0 Å². The number of nitrogens with one attached hydrogen (secondary N) is 1. The van der Waals surface area contributed by atoms with Gasteiger partial charge < -0.3 is 19.9 Å². The van der Waals surface area contributed by atoms with E-state index in [0.717, 1.165) is 17.4 Å². The lowest BCUT2D eigenvalue weighted by molar-refractivity contribution is -0.0968. The number of piperidine rings is 1. The molecule has 0 amide bonds. The van der Waals surface area contributed by atoms with Gasteiger partial charge in [0, 0.05) is 13.0 Å². The van der Waals surface area contributed by atoms with Crippen molar-refractivity contribution in [1.82, 2.24) is 14.5 Å². The molecule has 0 aliphatic carbocycles. The van der Waals surface area contributed by atoms with Crippen LogP contribution in [0.1, 0.15) is 23.2 Å². The number of hydrogen-bond donors (Lipinski definition) is 2. The van der Waals surface area contributed by atoms with E-state index in [1.807, 2.05) is 4.90 Å². The smallest absolute Gasteiger partial charge is 0.330 e. The summed E-state index contributed by atoms with van der Waals surface area (Å²) in [5, 5.41) is 0. The molecule has 2 saturated heterocycles. The molecule has 0 bridgehead atoms. The monoisotopic (exact) mass is 382 g/mol. The number of nitrogen functional groups attached to an aromatic ring is 1. The van der Waals surface area contributed by atoms with Gasteiger partial charge >= 0.3 is 5.69 Å². The fourth-order valence-corrected chi connectivity index (χ4v) is 3.58. The maximum atomic E-state index is 12.7. The Morgan fingerprint density at radius 2 is 1.93 bits per heavy atom. The molecule has 1 aromatic heterocycles. The number of Topliss-reactive ketones (excluding diaryl/α,β-unsaturated/α-hetero) is 1. The highest BCUT2D eigenvalue weighted by atomic mass is 16.7. The molecule has 2 fully saturated rings. The lowest BCUT2D eigenvalue weighted by Gasteiger charge is -2.33. The van der Waals surface area contributed by atoms with Crippen molar-refractivity contribution in [3.63, 3.8) is 0 Å². The Kier molecular flexibility index (Phi) is 6.42. The van der Waals surface area contributed by atoms with E-state index in [2.05, 4.69) is 4.98 Å². The molecule has 27 heavy (non-hydrogen) atoms. The van der Waals surface area contributed by atoms with E-state index in [0.29, 0.717) is 32.2 Å². The SMILES string of the molecule is COCCn1c(N)c(C(=O)CN2CCC(C3OCCO3)CC2)c(=O)[nH]c1=O. The number of nitrogens with two attached hydrogens (primary N) is 1. The van der Waals surface area contributed by atoms with Crippen LogP contribution >= 0.6 is 0 Å². The van der Waals surface area contributed by atoms with E-state index in [1.165, 1.54) is 7.11 Å². The van der Waals surface area contributed by atoms with E-state index in [9.17, 15) is 14.4 Å². The largest absolute Gasteiger partial charge is 0.384 e. The van der Waals surface area contributed by atoms with Gasteiger partial charge in [-0.15, -0.1) is 0 Å². The Hall–Kier alpha value is -2.01. The summed E-state index contributed by atoms with van der Waals surface area (Å²) in [6, 6.07) is 0. The molecule has 0 aromatic carbocycles. The number of carbonyl (C=O) groups is 1. The molecule has 3 heterocycles. The zero-order valence-electron chi connectivity index (χ0n) is 15.4. The van der Waals surface area contributed by atoms with E-state index >= 15 is 0 Å². The van der Waals surface area contributed by atoms with E-state index < -0.39 is 17.0 Å². The Labute approximate surface area is 156 Å². The second kappa shape index (κ2) is 8.79. The van der Waals surface area contributed by atoms with Crippen molar-refractivity contribution >= 4 is 11.6 Å². The summed E-state index contributed by atoms with van der Waals surface area (Å²) in [6.07, 6.45) is 1.57. The van der Waals surface area contributed by atoms with Crippen molar-refractivity contribution in [3.05, 3.63) is 26.4 Å². The van der Waals surface area contributed by atoms with Gasteiger partial charge in [-0.3, -0.25) is 24.0 Å². The summed E-state index contributed by atoms with van der Waals surface area (Å²) in [7, 11) is 1.49. The van der Waals surface area contributed by atoms with Crippen molar-refractivity contribution in [2.75, 3.05) is 52.3 Å². The van der Waals surface area contributed by atoms with Gasteiger partial charge in [0.1, 0.15) is 11.4 Å². The molecule has 3 rings (SSSR count). The van der Waals surface area contributed by atoms with Crippen LogP contribution < -0.4 is 17.0 Å². The Morgan fingerprint density at radius 1 is 1.26 bits per heavy atom. The number of likely N-dealkylation sites (tertiary alicyclic amines) is 1. The predicted octanol–water partition coefficient (Wildman–Crippen LogP) is -0.967. The number of methoxy groups -OCH3 is 1. The molecule has 0 radical (unpaired) electrons. The van der Waals surface area contributed by atoms with E-state index in [1.54, 1.807) is 0 Å². The predicted molar refractivity (Wildman–Crippen MR) is 96.8 cm³/mol. The summed E-state index contributed by atoms with van der Waals surface area (Å²) in [6.45, 7) is 3.15. The van der Waals surface area contributed by atoms with Crippen LogP contribution in [-0.4, -0.2) is 73.1 Å². The fraction of sp³-hybridized carbons (Fsp3) is 0.706. The molecule has 2 aliphatic heterocycles. The Balaban J connectivity index is 1.66. The average Bonchev–Trinajstić information content (AvgIpc) is 3.16. The lowest BCUT2D eigenvalue weighted by Crippen LogP contribution is -2.43. The molecule has 0 unspecified atom stereocenters. The summed E-state index contributed by atoms with van der Waals surface area (Å²) in [5.41, 5.74) is 4.38. The third kappa shape index (κ3) is 4.46. The quantitative estimate of drug-likeness (QED) is 0.577. The molecular weight excluding hydrogens is 356 g/mol. The van der Waals surface area contributed by atoms with Crippen molar-refractivity contribution in [1.29, 1.82) is 0 Å². The number of nitrogens with zero attached hydrogens (tertiary/aromatic N) is 2. The first-order chi connectivity index (χ1) is 13.0. The van der Waals surface area contributed by atoms with Crippen LogP contribution in [-0.2, 0) is 20.8 Å². The molecule has 2 aliphatic rings. The number of carbonyl (C=O) groups excluding carboxylic acids is 1. The number of aromatic nitrogens is 2. The number of H-pyrrole nitrogens is 1. The topological polar surface area (TPSA) is 129 Å². The summed E-state index contributed by atoms with van der Waals surface area (Å²) >= 11 is 0. The van der Waals surface area contributed by atoms with Crippen molar-refractivity contribution in [2.24, 2.45) is 5.92 Å². The second-order valence-corrected chi connectivity index (χ2v) is 6.81. The first-order valence-electron chi connectivity index (χ1n) is 9.11. The van der Waals surface area contributed by atoms with Crippen molar-refractivity contribution in [3.8, 4) is 0 Å². The van der Waals surface area contributed by atoms with Crippen LogP contribution in [0, 0.1) is 5.92 Å². The molecular formula is C17H26N4O6. The van der Waals surface area contributed by atoms with Crippen LogP contribution in [0.3, 0.4) is 0 Å². The molecule has 0 atom stereocenters. The maximum Gasteiger partial charge on any atom is 0.330 e. The van der Waals surface area contributed by atoms with Crippen LogP contribution in [0.2, 0.25) is 0 Å². The molecule has 10 nitrogen and oxygen atoms in total. The van der Waals surface area contributed by atoms with Gasteiger partial charge in [0.05, 0.1) is 32.9 Å². The van der Waals surface area contributed by atoms with Gasteiger partial charge in [-0.25, -0.2) is 4.79 Å². The van der Waals surface area contributed by atoms with Gasteiger partial charge in [0.25, 0.3) is 5.56 Å². The number of rotatable bonds is 7. The summed E-state index contributed by atoms with van der Waals surface area (Å²) in [5.74, 6) is -0.191. The van der Waals surface area contributed by atoms with Crippen LogP contribution in [0.5, 0.6) is 0 Å². The lowest BCUT2D eigenvalue weighted by atomic mass is 9.96. The minimum Gasteiger partial charge on any atom is -0.384 e. The number of aromatic amines is 1. The minimum atomic E-state index is -0.751. The molecule has 10 heteroatoms. The van der Waals surface area contributed by atoms with Crippen LogP contribution in [0.25, 0.3) is 0 Å². The zero-order valence-corrected chi connectivity index (χ0v) is 15.4. The molecule has 0 spiro atoms. The number of hydrogen-bond acceptors (Lipinski definition) is 8. The van der Waals surface area contributed by atoms with E-state index in [-0.39, 0.29) is 37.4 Å². The van der Waals surface area contributed by atoms with Crippen LogP contribution in [0.4, 0.5) is 5.82 Å². The Bertz CT molecular complexity index is 775. The highest BCUT2D eigenvalue weighted by molar-refractivity contribution is 6.01. The number of ether oxygens (including phenoxy) is 3. The molecule has 1 aromatic rings. The minimum absolute atomic E-state index is 0.0782. The third-order valence-corrected chi connectivity index (χ3v) is 5.07. The molecule has 150 valence electrons. The first-order valence-corrected chi connectivity index (χ1v) is 9.11. The molecule has 0 saturated carbocycles. The average molecular weight is 382 g/mol. The Morgan fingerprint density at radius 3 is 2.56 bits per heavy atom. The molecule has 3 N–H and O–H groups in total. The normalized spacial score (nSPS) is 19.6. The number of anilines is 1. The standard InChI is InChI=1S/C17H26N4O6/c1-25-7-6-21-14(18)13(15(23)19-17(21)24)12(22)10-20-4-2-11(3-5-20)16-26-8-9-27-16/h11,16H,2-10,18H2,1H3,(H,19,23,24).